The van der Waals surface area contributed by atoms with Crippen molar-refractivity contribution in [3.8, 4) is 0 Å². The van der Waals surface area contributed by atoms with E-state index in [1.165, 1.54) is 0 Å². The van der Waals surface area contributed by atoms with Crippen molar-refractivity contribution < 1.29 is 9.53 Å². The summed E-state index contributed by atoms with van der Waals surface area (Å²) < 4.78 is 5.15. The molecule has 4 N–H and O–H groups in total. The van der Waals surface area contributed by atoms with Crippen molar-refractivity contribution in [2.75, 3.05) is 19.8 Å². The standard InChI is InChI=1S/C10H21N3O2/c1-7(2)9(11)5-12-10(14)13-8-3-4-15-6-8/h7-9H,3-6,11H2,1-2H3,(H2,12,13,14). The first-order chi connectivity index (χ1) is 7.09. The Hall–Kier alpha value is -0.810. The third-order valence-electron chi connectivity index (χ3n) is 2.62. The van der Waals surface area contributed by atoms with E-state index in [1.54, 1.807) is 0 Å². The second kappa shape index (κ2) is 5.92. The van der Waals surface area contributed by atoms with Crippen LogP contribution in [0.2, 0.25) is 0 Å². The molecule has 0 aromatic heterocycles. The minimum atomic E-state index is -0.151. The van der Waals surface area contributed by atoms with Crippen LogP contribution in [0.4, 0.5) is 4.79 Å². The minimum absolute atomic E-state index is 0.00979. The smallest absolute Gasteiger partial charge is 0.315 e. The summed E-state index contributed by atoms with van der Waals surface area (Å²) in [6.07, 6.45) is 0.893. The molecule has 1 fully saturated rings. The lowest BCUT2D eigenvalue weighted by molar-refractivity contribution is 0.188. The fourth-order valence-electron chi connectivity index (χ4n) is 1.33. The number of nitrogens with two attached hydrogens (primary N) is 1. The van der Waals surface area contributed by atoms with Crippen molar-refractivity contribution in [3.63, 3.8) is 0 Å². The Bertz CT molecular complexity index is 203. The summed E-state index contributed by atoms with van der Waals surface area (Å²) in [6, 6.07) is 0.0115. The molecule has 1 aliphatic rings. The first-order valence-corrected chi connectivity index (χ1v) is 5.47. The highest BCUT2D eigenvalue weighted by Gasteiger charge is 2.18. The van der Waals surface area contributed by atoms with E-state index >= 15 is 0 Å². The Morgan fingerprint density at radius 1 is 1.60 bits per heavy atom. The monoisotopic (exact) mass is 215 g/mol. The number of rotatable bonds is 4. The van der Waals surface area contributed by atoms with E-state index in [1.807, 2.05) is 13.8 Å². The van der Waals surface area contributed by atoms with Crippen LogP contribution < -0.4 is 16.4 Å². The van der Waals surface area contributed by atoms with Crippen molar-refractivity contribution in [2.24, 2.45) is 11.7 Å². The van der Waals surface area contributed by atoms with Gasteiger partial charge in [-0.05, 0) is 12.3 Å². The van der Waals surface area contributed by atoms with Gasteiger partial charge < -0.3 is 21.1 Å². The quantitative estimate of drug-likeness (QED) is 0.620. The molecule has 0 radical (unpaired) electrons. The van der Waals surface area contributed by atoms with Crippen molar-refractivity contribution in [2.45, 2.75) is 32.4 Å². The average molecular weight is 215 g/mol. The summed E-state index contributed by atoms with van der Waals surface area (Å²) >= 11 is 0. The van der Waals surface area contributed by atoms with Gasteiger partial charge in [0.2, 0.25) is 0 Å². The molecule has 5 nitrogen and oxygen atoms in total. The van der Waals surface area contributed by atoms with Gasteiger partial charge in [-0.1, -0.05) is 13.8 Å². The second-order valence-electron chi connectivity index (χ2n) is 4.32. The third kappa shape index (κ3) is 4.48. The van der Waals surface area contributed by atoms with Crippen molar-refractivity contribution >= 4 is 6.03 Å². The van der Waals surface area contributed by atoms with Gasteiger partial charge in [-0.15, -0.1) is 0 Å². The summed E-state index contributed by atoms with van der Waals surface area (Å²) in [4.78, 5) is 11.4. The van der Waals surface area contributed by atoms with Crippen LogP contribution in [0.1, 0.15) is 20.3 Å². The molecule has 0 aromatic carbocycles. The van der Waals surface area contributed by atoms with Crippen molar-refractivity contribution in [3.05, 3.63) is 0 Å². The SMILES string of the molecule is CC(C)C(N)CNC(=O)NC1CCOC1. The van der Waals surface area contributed by atoms with Gasteiger partial charge >= 0.3 is 6.03 Å². The van der Waals surface area contributed by atoms with Crippen LogP contribution in [0.25, 0.3) is 0 Å². The molecule has 0 aliphatic carbocycles. The Morgan fingerprint density at radius 3 is 2.87 bits per heavy atom. The molecule has 0 saturated carbocycles. The highest BCUT2D eigenvalue weighted by Crippen LogP contribution is 2.02. The number of carbonyl (C=O) groups is 1. The van der Waals surface area contributed by atoms with Crippen LogP contribution in [-0.4, -0.2) is 37.9 Å². The van der Waals surface area contributed by atoms with E-state index in [2.05, 4.69) is 10.6 Å². The number of amides is 2. The molecule has 88 valence electrons. The van der Waals surface area contributed by atoms with Gasteiger partial charge in [-0.3, -0.25) is 0 Å². The maximum atomic E-state index is 11.4. The molecule has 1 heterocycles. The van der Waals surface area contributed by atoms with Gasteiger partial charge in [0, 0.05) is 19.2 Å². The summed E-state index contributed by atoms with van der Waals surface area (Å²) in [6.45, 7) is 5.93. The lowest BCUT2D eigenvalue weighted by Crippen LogP contribution is -2.47. The molecule has 1 saturated heterocycles. The molecule has 2 atom stereocenters. The fraction of sp³-hybridized carbons (Fsp3) is 0.900. The van der Waals surface area contributed by atoms with Crippen LogP contribution in [0.5, 0.6) is 0 Å². The highest BCUT2D eigenvalue weighted by atomic mass is 16.5. The van der Waals surface area contributed by atoms with E-state index in [4.69, 9.17) is 10.5 Å². The number of hydrogen-bond donors (Lipinski definition) is 3. The van der Waals surface area contributed by atoms with Crippen LogP contribution >= 0.6 is 0 Å². The van der Waals surface area contributed by atoms with Crippen LogP contribution in [-0.2, 0) is 4.74 Å². The van der Waals surface area contributed by atoms with Gasteiger partial charge in [0.15, 0.2) is 0 Å². The van der Waals surface area contributed by atoms with Crippen LogP contribution in [0.3, 0.4) is 0 Å². The van der Waals surface area contributed by atoms with E-state index in [-0.39, 0.29) is 18.1 Å². The number of carbonyl (C=O) groups excluding carboxylic acids is 1. The summed E-state index contributed by atoms with van der Waals surface area (Å²) in [5, 5.41) is 5.60. The molecule has 5 heteroatoms. The van der Waals surface area contributed by atoms with Crippen LogP contribution in [0, 0.1) is 5.92 Å². The Kier molecular flexibility index (Phi) is 4.84. The molecular weight excluding hydrogens is 194 g/mol. The first kappa shape index (κ1) is 12.3. The molecule has 2 unspecified atom stereocenters. The van der Waals surface area contributed by atoms with Gasteiger partial charge in [-0.2, -0.15) is 0 Å². The molecule has 0 bridgehead atoms. The predicted molar refractivity (Wildman–Crippen MR) is 58.6 cm³/mol. The maximum Gasteiger partial charge on any atom is 0.315 e. The van der Waals surface area contributed by atoms with Crippen molar-refractivity contribution in [1.82, 2.24) is 10.6 Å². The lowest BCUT2D eigenvalue weighted by atomic mass is 10.1. The number of urea groups is 1. The summed E-state index contributed by atoms with van der Waals surface area (Å²) in [7, 11) is 0. The van der Waals surface area contributed by atoms with Gasteiger partial charge in [0.05, 0.1) is 12.6 Å². The molecule has 15 heavy (non-hydrogen) atoms. The number of nitrogens with one attached hydrogen (secondary N) is 2. The second-order valence-corrected chi connectivity index (χ2v) is 4.32. The molecule has 0 aromatic rings. The predicted octanol–water partition coefficient (Wildman–Crippen LogP) is 0.0578. The molecule has 0 spiro atoms. The zero-order chi connectivity index (χ0) is 11.3. The summed E-state index contributed by atoms with van der Waals surface area (Å²) in [5.74, 6) is 0.375. The Morgan fingerprint density at radius 2 is 2.33 bits per heavy atom. The topological polar surface area (TPSA) is 76.4 Å². The molecule has 1 aliphatic heterocycles. The number of ether oxygens (including phenoxy) is 1. The fourth-order valence-corrected chi connectivity index (χ4v) is 1.33. The van der Waals surface area contributed by atoms with E-state index < -0.39 is 0 Å². The molecule has 1 rings (SSSR count). The minimum Gasteiger partial charge on any atom is -0.379 e. The van der Waals surface area contributed by atoms with Gasteiger partial charge in [-0.25, -0.2) is 4.79 Å². The average Bonchev–Trinajstić information content (AvgIpc) is 2.66. The first-order valence-electron chi connectivity index (χ1n) is 5.47. The Balaban J connectivity index is 2.12. The summed E-state index contributed by atoms with van der Waals surface area (Å²) in [5.41, 5.74) is 5.81. The van der Waals surface area contributed by atoms with Gasteiger partial charge in [0.1, 0.15) is 0 Å². The highest BCUT2D eigenvalue weighted by molar-refractivity contribution is 5.74. The zero-order valence-electron chi connectivity index (χ0n) is 9.45. The molecular formula is C10H21N3O2. The molecule has 2 amide bonds. The largest absolute Gasteiger partial charge is 0.379 e. The lowest BCUT2D eigenvalue weighted by Gasteiger charge is -2.17. The normalized spacial score (nSPS) is 22.8. The van der Waals surface area contributed by atoms with E-state index in [0.29, 0.717) is 19.1 Å². The zero-order valence-corrected chi connectivity index (χ0v) is 9.45. The van der Waals surface area contributed by atoms with E-state index in [9.17, 15) is 4.79 Å². The number of hydrogen-bond acceptors (Lipinski definition) is 3. The van der Waals surface area contributed by atoms with E-state index in [0.717, 1.165) is 13.0 Å². The maximum absolute atomic E-state index is 11.4. The van der Waals surface area contributed by atoms with Crippen LogP contribution in [0.15, 0.2) is 0 Å². The van der Waals surface area contributed by atoms with Gasteiger partial charge in [0.25, 0.3) is 0 Å². The third-order valence-corrected chi connectivity index (χ3v) is 2.62. The van der Waals surface area contributed by atoms with Crippen molar-refractivity contribution in [1.29, 1.82) is 0 Å². The Labute approximate surface area is 90.7 Å².